The van der Waals surface area contributed by atoms with Crippen molar-refractivity contribution in [3.63, 3.8) is 0 Å². The summed E-state index contributed by atoms with van der Waals surface area (Å²) in [6.07, 6.45) is 0. The normalized spacial score (nSPS) is 12.0. The van der Waals surface area contributed by atoms with Crippen LogP contribution in [0.2, 0.25) is 0 Å². The van der Waals surface area contributed by atoms with Crippen LogP contribution in [0.1, 0.15) is 0 Å². The lowest BCUT2D eigenvalue weighted by molar-refractivity contribution is 1.19. The summed E-state index contributed by atoms with van der Waals surface area (Å²) in [7, 11) is 0. The van der Waals surface area contributed by atoms with E-state index in [0.717, 1.165) is 0 Å². The summed E-state index contributed by atoms with van der Waals surface area (Å²) < 4.78 is 7.55. The van der Waals surface area contributed by atoms with Crippen LogP contribution in [-0.2, 0) is 0 Å². The molecule has 12 aromatic rings. The summed E-state index contributed by atoms with van der Waals surface area (Å²) in [5, 5.41) is 10.2. The molecule has 0 radical (unpaired) electrons. The molecule has 0 amide bonds. The molecule has 3 heteroatoms. The van der Waals surface area contributed by atoms with Crippen molar-refractivity contribution in [1.29, 1.82) is 0 Å². The Morgan fingerprint density at radius 3 is 1.64 bits per heavy atom. The van der Waals surface area contributed by atoms with Crippen molar-refractivity contribution >= 4 is 85.9 Å². The van der Waals surface area contributed by atoms with Gasteiger partial charge in [-0.3, -0.25) is 0 Å². The molecule has 3 heterocycles. The van der Waals surface area contributed by atoms with Crippen LogP contribution in [0.5, 0.6) is 0 Å². The average Bonchev–Trinajstić information content (AvgIpc) is 3.91. The van der Waals surface area contributed by atoms with E-state index in [1.807, 2.05) is 11.3 Å². The van der Waals surface area contributed by atoms with Gasteiger partial charge in [0.15, 0.2) is 0 Å². The molecule has 0 aliphatic carbocycles. The smallest absolute Gasteiger partial charge is 0.0555 e. The predicted molar refractivity (Wildman–Crippen MR) is 236 cm³/mol. The number of benzene rings is 9. The minimum atomic E-state index is 1.17. The summed E-state index contributed by atoms with van der Waals surface area (Å²) in [5.41, 5.74) is 12.1. The minimum absolute atomic E-state index is 1.17. The number of fused-ring (bicyclic) bond motifs is 10. The van der Waals surface area contributed by atoms with Crippen molar-refractivity contribution in [2.75, 3.05) is 0 Å². The molecule has 9 aromatic carbocycles. The molecule has 0 N–H and O–H groups in total. The van der Waals surface area contributed by atoms with E-state index in [9.17, 15) is 0 Å². The second-order valence-electron chi connectivity index (χ2n) is 14.5. The summed E-state index contributed by atoms with van der Waals surface area (Å²) in [6, 6.07) is 71.5. The van der Waals surface area contributed by atoms with Crippen molar-refractivity contribution in [3.8, 4) is 33.6 Å². The van der Waals surface area contributed by atoms with Crippen LogP contribution in [0.4, 0.5) is 0 Å². The number of hydrogen-bond donors (Lipinski definition) is 0. The maximum atomic E-state index is 2.47. The van der Waals surface area contributed by atoms with Gasteiger partial charge >= 0.3 is 0 Å². The van der Waals surface area contributed by atoms with E-state index in [2.05, 4.69) is 203 Å². The third-order valence-electron chi connectivity index (χ3n) is 11.5. The van der Waals surface area contributed by atoms with Crippen LogP contribution in [0, 0.1) is 0 Å². The Labute approximate surface area is 321 Å². The maximum Gasteiger partial charge on any atom is 0.0555 e. The van der Waals surface area contributed by atoms with Gasteiger partial charge in [-0.05, 0) is 99.8 Å². The number of hydrogen-bond acceptors (Lipinski definition) is 1. The van der Waals surface area contributed by atoms with Gasteiger partial charge in [0.05, 0.1) is 27.8 Å². The van der Waals surface area contributed by atoms with E-state index in [1.54, 1.807) is 0 Å². The highest BCUT2D eigenvalue weighted by molar-refractivity contribution is 7.25. The van der Waals surface area contributed by atoms with Gasteiger partial charge in [-0.1, -0.05) is 127 Å². The fourth-order valence-electron chi connectivity index (χ4n) is 9.07. The average molecular weight is 717 g/mol. The Kier molecular flexibility index (Phi) is 6.54. The number of para-hydroxylation sites is 2. The Balaban J connectivity index is 1.06. The van der Waals surface area contributed by atoms with Crippen molar-refractivity contribution in [2.45, 2.75) is 0 Å². The van der Waals surface area contributed by atoms with Crippen molar-refractivity contribution in [2.24, 2.45) is 0 Å². The molecular formula is C52H32N2S. The molecule has 2 nitrogen and oxygen atoms in total. The van der Waals surface area contributed by atoms with E-state index in [-0.39, 0.29) is 0 Å². The topological polar surface area (TPSA) is 9.86 Å². The number of rotatable bonds is 4. The highest BCUT2D eigenvalue weighted by Gasteiger charge is 2.19. The first-order valence-electron chi connectivity index (χ1n) is 18.8. The molecular weight excluding hydrogens is 685 g/mol. The van der Waals surface area contributed by atoms with Crippen molar-refractivity contribution in [1.82, 2.24) is 9.13 Å². The first-order chi connectivity index (χ1) is 27.3. The molecule has 256 valence electrons. The third kappa shape index (κ3) is 4.54. The van der Waals surface area contributed by atoms with Gasteiger partial charge < -0.3 is 9.13 Å². The molecule has 0 fully saturated rings. The van der Waals surface area contributed by atoms with Crippen molar-refractivity contribution < 1.29 is 0 Å². The van der Waals surface area contributed by atoms with Gasteiger partial charge in [0.25, 0.3) is 0 Å². The molecule has 55 heavy (non-hydrogen) atoms. The largest absolute Gasteiger partial charge is 0.309 e. The molecule has 3 aromatic heterocycles. The fraction of sp³-hybridized carbons (Fsp3) is 0. The van der Waals surface area contributed by atoms with Gasteiger partial charge in [0.1, 0.15) is 0 Å². The number of thiophene rings is 1. The van der Waals surface area contributed by atoms with Gasteiger partial charge in [0.2, 0.25) is 0 Å². The van der Waals surface area contributed by atoms with Crippen LogP contribution in [0.15, 0.2) is 194 Å². The SMILES string of the molecule is c1ccc(-c2cc(-n3c4ccccc4c4cc(-c5ccc6c(c5)c5ccccc5n6-c5cccc6sc7ccccc7c56)ccc43)cc3ccccc23)cc1. The monoisotopic (exact) mass is 716 g/mol. The Morgan fingerprint density at radius 1 is 0.327 bits per heavy atom. The van der Waals surface area contributed by atoms with Gasteiger partial charge in [0, 0.05) is 47.4 Å². The fourth-order valence-corrected chi connectivity index (χ4v) is 10.2. The molecule has 0 bridgehead atoms. The summed E-state index contributed by atoms with van der Waals surface area (Å²) in [5.74, 6) is 0. The minimum Gasteiger partial charge on any atom is -0.309 e. The van der Waals surface area contributed by atoms with Gasteiger partial charge in [-0.25, -0.2) is 0 Å². The van der Waals surface area contributed by atoms with E-state index < -0.39 is 0 Å². The first-order valence-corrected chi connectivity index (χ1v) is 19.7. The zero-order valence-electron chi connectivity index (χ0n) is 29.8. The van der Waals surface area contributed by atoms with Crippen LogP contribution in [0.25, 0.3) is 108 Å². The van der Waals surface area contributed by atoms with E-state index >= 15 is 0 Å². The zero-order chi connectivity index (χ0) is 36.0. The number of nitrogens with zero attached hydrogens (tertiary/aromatic N) is 2. The Bertz CT molecular complexity index is 3490. The van der Waals surface area contributed by atoms with Gasteiger partial charge in [-0.15, -0.1) is 11.3 Å². The quantitative estimate of drug-likeness (QED) is 0.172. The molecule has 0 saturated carbocycles. The first kappa shape index (κ1) is 30.5. The molecule has 0 saturated heterocycles. The van der Waals surface area contributed by atoms with E-state index in [1.165, 1.54) is 108 Å². The standard InChI is InChI=1S/C52H32N2S/c1-2-13-33(14-3-1)42-32-37(29-36-15-4-5-16-38(36)42)53-45-20-9-6-17-39(45)43-30-34(25-27-47(43)53)35-26-28-48-44(31-35)40-18-7-10-21-46(40)54(48)49-22-12-24-51-52(49)41-19-8-11-23-50(41)55-51/h1-32H. The second-order valence-corrected chi connectivity index (χ2v) is 15.6. The third-order valence-corrected chi connectivity index (χ3v) is 12.6. The lowest BCUT2D eigenvalue weighted by atomic mass is 9.97. The predicted octanol–water partition coefficient (Wildman–Crippen LogP) is 14.7. The Hall–Kier alpha value is -6.94. The zero-order valence-corrected chi connectivity index (χ0v) is 30.6. The molecule has 0 unspecified atom stereocenters. The molecule has 0 spiro atoms. The summed E-state index contributed by atoms with van der Waals surface area (Å²) in [4.78, 5) is 0. The van der Waals surface area contributed by atoms with Crippen LogP contribution >= 0.6 is 11.3 Å². The van der Waals surface area contributed by atoms with Crippen LogP contribution in [0.3, 0.4) is 0 Å². The summed E-state index contributed by atoms with van der Waals surface area (Å²) in [6.45, 7) is 0. The van der Waals surface area contributed by atoms with Gasteiger partial charge in [-0.2, -0.15) is 0 Å². The highest BCUT2D eigenvalue weighted by Crippen LogP contribution is 2.43. The van der Waals surface area contributed by atoms with Crippen LogP contribution < -0.4 is 0 Å². The lowest BCUT2D eigenvalue weighted by Crippen LogP contribution is -1.95. The maximum absolute atomic E-state index is 2.47. The highest BCUT2D eigenvalue weighted by atomic mass is 32.1. The molecule has 0 atom stereocenters. The summed E-state index contributed by atoms with van der Waals surface area (Å²) >= 11 is 1.87. The van der Waals surface area contributed by atoms with E-state index in [0.29, 0.717) is 0 Å². The molecule has 0 aliphatic heterocycles. The number of aromatic nitrogens is 2. The van der Waals surface area contributed by atoms with Crippen molar-refractivity contribution in [3.05, 3.63) is 194 Å². The van der Waals surface area contributed by atoms with Crippen LogP contribution in [-0.4, -0.2) is 9.13 Å². The van der Waals surface area contributed by atoms with E-state index in [4.69, 9.17) is 0 Å². The molecule has 12 rings (SSSR count). The lowest BCUT2D eigenvalue weighted by Gasteiger charge is -2.14. The second kappa shape index (κ2) is 11.8. The Morgan fingerprint density at radius 2 is 0.891 bits per heavy atom. The molecule has 0 aliphatic rings.